The molecule has 0 unspecified atom stereocenters. The molecule has 0 atom stereocenters. The smallest absolute Gasteiger partial charge is 0.116 e. The van der Waals surface area contributed by atoms with Crippen LogP contribution in [0.3, 0.4) is 0 Å². The molecule has 5 heteroatoms. The fourth-order valence-electron chi connectivity index (χ4n) is 2.66. The van der Waals surface area contributed by atoms with Crippen LogP contribution in [0.25, 0.3) is 10.9 Å². The lowest BCUT2D eigenvalue weighted by molar-refractivity contribution is 0.681. The Balaban J connectivity index is 2.20. The topological polar surface area (TPSA) is 55.2 Å². The molecule has 0 N–H and O–H groups in total. The average Bonchev–Trinajstić information content (AvgIpc) is 2.75. The van der Waals surface area contributed by atoms with Gasteiger partial charge >= 0.3 is 0 Å². The predicted octanol–water partition coefficient (Wildman–Crippen LogP) is 3.14. The van der Waals surface area contributed by atoms with E-state index in [1.807, 2.05) is 26.0 Å². The van der Waals surface area contributed by atoms with Crippen LogP contribution in [0.5, 0.6) is 0 Å². The average molecular weight is 275 g/mol. The summed E-state index contributed by atoms with van der Waals surface area (Å²) >= 11 is 0. The zero-order chi connectivity index (χ0) is 13.5. The van der Waals surface area contributed by atoms with Gasteiger partial charge in [0, 0.05) is 22.6 Å². The van der Waals surface area contributed by atoms with Gasteiger partial charge in [-0.15, -0.1) is 0 Å². The number of nitrogens with zero attached hydrogens (tertiary/aromatic N) is 3. The minimum atomic E-state index is -2.02. The minimum Gasteiger partial charge on any atom is -0.249 e. The molecule has 2 aromatic rings. The fraction of sp³-hybridized carbons (Fsp3) is 0.429. The fourth-order valence-corrected chi connectivity index (χ4v) is 4.84. The molecule has 1 aromatic heterocycles. The Morgan fingerprint density at radius 3 is 2.63 bits per heavy atom. The number of hydrogen-bond donors (Lipinski definition) is 0. The van der Waals surface area contributed by atoms with E-state index in [9.17, 15) is 4.21 Å². The Labute approximate surface area is 113 Å². The number of benzene rings is 1. The van der Waals surface area contributed by atoms with E-state index in [-0.39, 0.29) is 0 Å². The second-order valence-corrected chi connectivity index (χ2v) is 7.64. The monoisotopic (exact) mass is 275 g/mol. The summed E-state index contributed by atoms with van der Waals surface area (Å²) in [5, 5.41) is 1.07. The van der Waals surface area contributed by atoms with Gasteiger partial charge in [-0.25, -0.2) is 14.2 Å². The van der Waals surface area contributed by atoms with Crippen molar-refractivity contribution in [3.63, 3.8) is 0 Å². The van der Waals surface area contributed by atoms with Gasteiger partial charge in [0.1, 0.15) is 6.33 Å². The van der Waals surface area contributed by atoms with Crippen molar-refractivity contribution in [1.82, 2.24) is 9.97 Å². The highest BCUT2D eigenvalue weighted by atomic mass is 32.2. The van der Waals surface area contributed by atoms with E-state index >= 15 is 0 Å². The number of rotatable bonds is 1. The zero-order valence-corrected chi connectivity index (χ0v) is 12.0. The van der Waals surface area contributed by atoms with Gasteiger partial charge in [0.25, 0.3) is 0 Å². The lowest BCUT2D eigenvalue weighted by Gasteiger charge is -2.07. The second kappa shape index (κ2) is 4.56. The molecule has 1 fully saturated rings. The van der Waals surface area contributed by atoms with Crippen molar-refractivity contribution in [2.24, 2.45) is 4.36 Å². The summed E-state index contributed by atoms with van der Waals surface area (Å²) in [4.78, 5) is 8.51. The van der Waals surface area contributed by atoms with Crippen molar-refractivity contribution >= 4 is 26.3 Å². The molecule has 0 bridgehead atoms. The van der Waals surface area contributed by atoms with Crippen LogP contribution in [0.2, 0.25) is 0 Å². The third-order valence-corrected chi connectivity index (χ3v) is 5.95. The molecule has 19 heavy (non-hydrogen) atoms. The summed E-state index contributed by atoms with van der Waals surface area (Å²) in [7, 11) is -2.02. The Morgan fingerprint density at radius 2 is 1.89 bits per heavy atom. The van der Waals surface area contributed by atoms with Crippen LogP contribution in [-0.2, 0) is 9.73 Å². The van der Waals surface area contributed by atoms with Crippen molar-refractivity contribution in [3.8, 4) is 0 Å². The van der Waals surface area contributed by atoms with Crippen molar-refractivity contribution in [1.29, 1.82) is 0 Å². The lowest BCUT2D eigenvalue weighted by Crippen LogP contribution is -1.99. The molecule has 0 amide bonds. The van der Waals surface area contributed by atoms with E-state index in [1.165, 1.54) is 0 Å². The van der Waals surface area contributed by atoms with Crippen LogP contribution < -0.4 is 0 Å². The zero-order valence-electron chi connectivity index (χ0n) is 11.2. The lowest BCUT2D eigenvalue weighted by atomic mass is 10.1. The van der Waals surface area contributed by atoms with E-state index in [0.29, 0.717) is 0 Å². The predicted molar refractivity (Wildman–Crippen MR) is 78.2 cm³/mol. The maximum absolute atomic E-state index is 12.5. The van der Waals surface area contributed by atoms with Gasteiger partial charge in [0.05, 0.1) is 20.9 Å². The van der Waals surface area contributed by atoms with Crippen molar-refractivity contribution in [2.45, 2.75) is 26.7 Å². The van der Waals surface area contributed by atoms with E-state index in [2.05, 4.69) is 14.3 Å². The Hall–Kier alpha value is -1.49. The molecule has 1 aliphatic rings. The molecule has 2 heterocycles. The van der Waals surface area contributed by atoms with Gasteiger partial charge < -0.3 is 0 Å². The number of aryl methyl sites for hydroxylation is 2. The molecule has 1 aliphatic heterocycles. The van der Waals surface area contributed by atoms with Gasteiger partial charge in [0.2, 0.25) is 0 Å². The second-order valence-electron chi connectivity index (χ2n) is 5.10. The molecule has 3 rings (SSSR count). The summed E-state index contributed by atoms with van der Waals surface area (Å²) in [6.07, 6.45) is 3.61. The number of fused-ring (bicyclic) bond motifs is 1. The first-order chi connectivity index (χ1) is 9.07. The van der Waals surface area contributed by atoms with E-state index < -0.39 is 9.73 Å². The molecule has 0 saturated carbocycles. The maximum atomic E-state index is 12.5. The molecule has 0 aliphatic carbocycles. The van der Waals surface area contributed by atoms with Gasteiger partial charge in [0.15, 0.2) is 0 Å². The van der Waals surface area contributed by atoms with Gasteiger partial charge in [-0.1, -0.05) is 0 Å². The van der Waals surface area contributed by atoms with Crippen LogP contribution in [0, 0.1) is 13.8 Å². The third-order valence-electron chi connectivity index (χ3n) is 3.56. The first-order valence-corrected chi connectivity index (χ1v) is 8.37. The van der Waals surface area contributed by atoms with Crippen molar-refractivity contribution in [3.05, 3.63) is 29.7 Å². The largest absolute Gasteiger partial charge is 0.249 e. The quantitative estimate of drug-likeness (QED) is 0.803. The summed E-state index contributed by atoms with van der Waals surface area (Å²) in [5.74, 6) is 1.46. The van der Waals surface area contributed by atoms with Crippen LogP contribution in [-0.4, -0.2) is 25.7 Å². The summed E-state index contributed by atoms with van der Waals surface area (Å²) in [5.41, 5.74) is 3.73. The molecule has 1 aromatic carbocycles. The number of hydrogen-bond acceptors (Lipinski definition) is 4. The summed E-state index contributed by atoms with van der Waals surface area (Å²) in [6, 6.07) is 3.91. The third kappa shape index (κ3) is 2.34. The van der Waals surface area contributed by atoms with Gasteiger partial charge in [-0.2, -0.15) is 4.36 Å². The van der Waals surface area contributed by atoms with E-state index in [0.717, 1.165) is 52.2 Å². The highest BCUT2D eigenvalue weighted by Gasteiger charge is 2.16. The van der Waals surface area contributed by atoms with Crippen LogP contribution in [0.4, 0.5) is 5.69 Å². The standard InChI is InChI=1S/C14H17N3OS/c1-10-7-12(17-19(18)5-3-4-6-19)8-13-14(10)11(2)15-9-16-13/h7-9H,3-6H2,1-2H3. The minimum absolute atomic E-state index is 0.729. The van der Waals surface area contributed by atoms with Crippen LogP contribution in [0.1, 0.15) is 24.1 Å². The molecular weight excluding hydrogens is 258 g/mol. The van der Waals surface area contributed by atoms with Gasteiger partial charge in [-0.3, -0.25) is 0 Å². The Kier molecular flexibility index (Phi) is 3.01. The number of aromatic nitrogens is 2. The highest BCUT2D eigenvalue weighted by molar-refractivity contribution is 7.93. The van der Waals surface area contributed by atoms with Gasteiger partial charge in [-0.05, 0) is 44.4 Å². The molecule has 1 saturated heterocycles. The Morgan fingerprint density at radius 1 is 1.16 bits per heavy atom. The maximum Gasteiger partial charge on any atom is 0.116 e. The first kappa shape index (κ1) is 12.5. The summed E-state index contributed by atoms with van der Waals surface area (Å²) in [6.45, 7) is 4.00. The Bertz CT molecular complexity index is 749. The summed E-state index contributed by atoms with van der Waals surface area (Å²) < 4.78 is 17.0. The molecule has 0 radical (unpaired) electrons. The van der Waals surface area contributed by atoms with E-state index in [1.54, 1.807) is 6.33 Å². The van der Waals surface area contributed by atoms with Crippen molar-refractivity contribution < 1.29 is 4.21 Å². The first-order valence-electron chi connectivity index (χ1n) is 6.52. The SMILES string of the molecule is Cc1cc(N=S2(=O)CCCC2)cc2ncnc(C)c12. The van der Waals surface area contributed by atoms with Crippen molar-refractivity contribution in [2.75, 3.05) is 11.5 Å². The normalized spacial score (nSPS) is 17.8. The molecule has 100 valence electrons. The van der Waals surface area contributed by atoms with E-state index in [4.69, 9.17) is 0 Å². The van der Waals surface area contributed by atoms with Crippen LogP contribution in [0.15, 0.2) is 22.8 Å². The molecule has 4 nitrogen and oxygen atoms in total. The van der Waals surface area contributed by atoms with Crippen LogP contribution >= 0.6 is 0 Å². The highest BCUT2D eigenvalue weighted by Crippen LogP contribution is 2.27. The molecule has 0 spiro atoms. The molecular formula is C14H17N3OS.